The molecule has 1 heterocycles. The predicted octanol–water partition coefficient (Wildman–Crippen LogP) is 1.96. The molecule has 18 heavy (non-hydrogen) atoms. The number of aromatic nitrogens is 2. The molecule has 2 atom stereocenters. The van der Waals surface area contributed by atoms with E-state index in [9.17, 15) is 8.42 Å². The zero-order chi connectivity index (χ0) is 13.2. The van der Waals surface area contributed by atoms with Gasteiger partial charge < -0.3 is 4.98 Å². The molecule has 0 saturated heterocycles. The Morgan fingerprint density at radius 3 is 2.83 bits per heavy atom. The molecule has 1 fully saturated rings. The third-order valence-corrected chi connectivity index (χ3v) is 5.71. The first-order chi connectivity index (χ1) is 8.53. The molecule has 0 amide bonds. The van der Waals surface area contributed by atoms with Gasteiger partial charge in [0.25, 0.3) is 10.0 Å². The van der Waals surface area contributed by atoms with Crippen molar-refractivity contribution in [3.05, 3.63) is 12.0 Å². The van der Waals surface area contributed by atoms with Crippen molar-refractivity contribution < 1.29 is 8.42 Å². The number of H-pyrrole nitrogens is 1. The molecular formula is C11H18BrN3O2S. The van der Waals surface area contributed by atoms with E-state index in [1.54, 1.807) is 0 Å². The zero-order valence-electron chi connectivity index (χ0n) is 10.3. The second-order valence-electron chi connectivity index (χ2n) is 4.58. The van der Waals surface area contributed by atoms with Gasteiger partial charge in [0.05, 0.1) is 6.20 Å². The van der Waals surface area contributed by atoms with Crippen molar-refractivity contribution in [3.8, 4) is 0 Å². The van der Waals surface area contributed by atoms with Crippen LogP contribution in [0.1, 0.15) is 38.4 Å². The van der Waals surface area contributed by atoms with Crippen LogP contribution in [0, 0.1) is 0 Å². The number of hydrogen-bond donors (Lipinski definition) is 2. The van der Waals surface area contributed by atoms with Crippen molar-refractivity contribution in [2.75, 3.05) is 0 Å². The lowest BCUT2D eigenvalue weighted by atomic mass is 9.96. The molecule has 0 aromatic carbocycles. The van der Waals surface area contributed by atoms with Crippen LogP contribution in [0.3, 0.4) is 0 Å². The Hall–Kier alpha value is -0.400. The molecular weight excluding hydrogens is 318 g/mol. The Morgan fingerprint density at radius 2 is 2.22 bits per heavy atom. The third-order valence-electron chi connectivity index (χ3n) is 3.22. The molecule has 1 aliphatic rings. The quantitative estimate of drug-likeness (QED) is 0.826. The summed E-state index contributed by atoms with van der Waals surface area (Å²) in [7, 11) is -3.48. The summed E-state index contributed by atoms with van der Waals surface area (Å²) in [6.45, 7) is 1.93. The lowest BCUT2D eigenvalue weighted by molar-refractivity contribution is 0.427. The van der Waals surface area contributed by atoms with E-state index in [4.69, 9.17) is 0 Å². The summed E-state index contributed by atoms with van der Waals surface area (Å²) >= 11 is 3.55. The van der Waals surface area contributed by atoms with Crippen LogP contribution >= 0.6 is 15.9 Å². The van der Waals surface area contributed by atoms with E-state index in [1.807, 2.05) is 6.92 Å². The molecule has 0 aliphatic heterocycles. The zero-order valence-corrected chi connectivity index (χ0v) is 12.7. The summed E-state index contributed by atoms with van der Waals surface area (Å²) < 4.78 is 27.1. The van der Waals surface area contributed by atoms with Gasteiger partial charge in [0.1, 0.15) is 5.82 Å². The number of nitrogens with zero attached hydrogens (tertiary/aromatic N) is 1. The molecule has 0 radical (unpaired) electrons. The molecule has 0 bridgehead atoms. The standard InChI is InChI=1S/C11H18BrN3O2S/c1-2-10-13-7-11(14-10)18(16,17)15-9-6-4-3-5-8(9)12/h7-9,15H,2-6H2,1H3,(H,13,14). The number of alkyl halides is 1. The van der Waals surface area contributed by atoms with Gasteiger partial charge in [-0.3, -0.25) is 0 Å². The Kier molecular flexibility index (Phi) is 4.45. The van der Waals surface area contributed by atoms with Crippen LogP contribution in [0.4, 0.5) is 0 Å². The average molecular weight is 336 g/mol. The van der Waals surface area contributed by atoms with Gasteiger partial charge in [-0.25, -0.2) is 18.1 Å². The van der Waals surface area contributed by atoms with Crippen molar-refractivity contribution in [1.82, 2.24) is 14.7 Å². The van der Waals surface area contributed by atoms with Gasteiger partial charge in [-0.05, 0) is 12.8 Å². The van der Waals surface area contributed by atoms with Crippen molar-refractivity contribution in [2.24, 2.45) is 0 Å². The molecule has 2 N–H and O–H groups in total. The van der Waals surface area contributed by atoms with Gasteiger partial charge in [0, 0.05) is 17.3 Å². The highest BCUT2D eigenvalue weighted by Crippen LogP contribution is 2.25. The Balaban J connectivity index is 2.11. The van der Waals surface area contributed by atoms with Crippen LogP contribution in [0.15, 0.2) is 11.2 Å². The first kappa shape index (κ1) is 14.0. The number of aromatic amines is 1. The molecule has 5 nitrogen and oxygen atoms in total. The minimum atomic E-state index is -3.48. The van der Waals surface area contributed by atoms with Gasteiger partial charge >= 0.3 is 0 Å². The van der Waals surface area contributed by atoms with E-state index < -0.39 is 10.0 Å². The lowest BCUT2D eigenvalue weighted by Crippen LogP contribution is -2.42. The van der Waals surface area contributed by atoms with E-state index in [1.165, 1.54) is 6.20 Å². The maximum Gasteiger partial charge on any atom is 0.257 e. The first-order valence-corrected chi connectivity index (χ1v) is 8.63. The number of hydrogen-bond acceptors (Lipinski definition) is 3. The monoisotopic (exact) mass is 335 g/mol. The topological polar surface area (TPSA) is 74.8 Å². The third kappa shape index (κ3) is 3.13. The fourth-order valence-electron chi connectivity index (χ4n) is 2.14. The van der Waals surface area contributed by atoms with Crippen LogP contribution in [0.5, 0.6) is 0 Å². The molecule has 2 unspecified atom stereocenters. The average Bonchev–Trinajstić information content (AvgIpc) is 2.81. The molecule has 1 aromatic heterocycles. The van der Waals surface area contributed by atoms with E-state index in [0.717, 1.165) is 25.7 Å². The molecule has 1 aliphatic carbocycles. The highest BCUT2D eigenvalue weighted by atomic mass is 79.9. The van der Waals surface area contributed by atoms with E-state index in [-0.39, 0.29) is 15.9 Å². The highest BCUT2D eigenvalue weighted by Gasteiger charge is 2.28. The Bertz CT molecular complexity index is 500. The molecule has 1 saturated carbocycles. The van der Waals surface area contributed by atoms with Crippen LogP contribution in [0.2, 0.25) is 0 Å². The summed E-state index contributed by atoms with van der Waals surface area (Å²) in [6.07, 6.45) is 6.18. The summed E-state index contributed by atoms with van der Waals surface area (Å²) in [5.41, 5.74) is 0. The van der Waals surface area contributed by atoms with Crippen LogP contribution < -0.4 is 4.72 Å². The molecule has 102 valence electrons. The number of sulfonamides is 1. The van der Waals surface area contributed by atoms with Crippen LogP contribution in [0.25, 0.3) is 0 Å². The predicted molar refractivity (Wildman–Crippen MR) is 73.3 cm³/mol. The molecule has 0 spiro atoms. The number of imidazole rings is 1. The normalized spacial score (nSPS) is 25.2. The number of halogens is 1. The number of nitrogens with one attached hydrogen (secondary N) is 2. The van der Waals surface area contributed by atoms with E-state index >= 15 is 0 Å². The smallest absolute Gasteiger partial charge is 0.257 e. The molecule has 1 aromatic rings. The largest absolute Gasteiger partial charge is 0.332 e. The van der Waals surface area contributed by atoms with Gasteiger partial charge in [0.15, 0.2) is 5.03 Å². The highest BCUT2D eigenvalue weighted by molar-refractivity contribution is 9.09. The van der Waals surface area contributed by atoms with Crippen molar-refractivity contribution in [3.63, 3.8) is 0 Å². The van der Waals surface area contributed by atoms with E-state index in [0.29, 0.717) is 12.2 Å². The van der Waals surface area contributed by atoms with Crippen LogP contribution in [-0.4, -0.2) is 29.3 Å². The summed E-state index contributed by atoms with van der Waals surface area (Å²) in [5.74, 6) is 0.689. The van der Waals surface area contributed by atoms with Gasteiger partial charge in [-0.15, -0.1) is 0 Å². The number of rotatable bonds is 4. The maximum atomic E-state index is 12.2. The minimum absolute atomic E-state index is 0.0304. The van der Waals surface area contributed by atoms with Crippen molar-refractivity contribution >= 4 is 26.0 Å². The minimum Gasteiger partial charge on any atom is -0.332 e. The summed E-state index contributed by atoms with van der Waals surface area (Å²) in [5, 5.41) is 0.157. The first-order valence-electron chi connectivity index (χ1n) is 6.23. The van der Waals surface area contributed by atoms with Gasteiger partial charge in [-0.1, -0.05) is 35.7 Å². The molecule has 2 rings (SSSR count). The Labute approximate surface area is 116 Å². The number of aryl methyl sites for hydroxylation is 1. The fraction of sp³-hybridized carbons (Fsp3) is 0.727. The maximum absolute atomic E-state index is 12.2. The van der Waals surface area contributed by atoms with Crippen LogP contribution in [-0.2, 0) is 16.4 Å². The lowest BCUT2D eigenvalue weighted by Gasteiger charge is -2.27. The van der Waals surface area contributed by atoms with E-state index in [2.05, 4.69) is 30.6 Å². The van der Waals surface area contributed by atoms with Gasteiger partial charge in [0.2, 0.25) is 0 Å². The second kappa shape index (κ2) is 5.71. The summed E-state index contributed by atoms with van der Waals surface area (Å²) in [4.78, 5) is 7.07. The molecule has 7 heteroatoms. The second-order valence-corrected chi connectivity index (χ2v) is 7.43. The summed E-state index contributed by atoms with van der Waals surface area (Å²) in [6, 6.07) is -0.0304. The van der Waals surface area contributed by atoms with Gasteiger partial charge in [-0.2, -0.15) is 0 Å². The van der Waals surface area contributed by atoms with Crippen molar-refractivity contribution in [2.45, 2.75) is 54.9 Å². The fourth-order valence-corrected chi connectivity index (χ4v) is 4.29. The Morgan fingerprint density at radius 1 is 1.50 bits per heavy atom. The SMILES string of the molecule is CCc1ncc(S(=O)(=O)NC2CCCCC2Br)[nH]1. The van der Waals surface area contributed by atoms with Crippen molar-refractivity contribution in [1.29, 1.82) is 0 Å².